The van der Waals surface area contributed by atoms with E-state index in [1.165, 1.54) is 53.8 Å². The summed E-state index contributed by atoms with van der Waals surface area (Å²) in [5.41, 5.74) is 5.44. The van der Waals surface area contributed by atoms with Crippen LogP contribution < -0.4 is 15.2 Å². The number of aliphatic hydroxyl groups is 1. The molecule has 1 saturated carbocycles. The van der Waals surface area contributed by atoms with E-state index in [0.717, 1.165) is 36.6 Å². The summed E-state index contributed by atoms with van der Waals surface area (Å²) in [7, 11) is 2.20. The highest BCUT2D eigenvalue weighted by Crippen LogP contribution is 2.45. The molecule has 2 heterocycles. The summed E-state index contributed by atoms with van der Waals surface area (Å²) in [6.45, 7) is 27.3. The lowest BCUT2D eigenvalue weighted by Gasteiger charge is -2.50. The Bertz CT molecular complexity index is 1290. The third-order valence-electron chi connectivity index (χ3n) is 8.89. The van der Waals surface area contributed by atoms with Crippen molar-refractivity contribution in [1.82, 2.24) is 9.80 Å². The lowest BCUT2D eigenvalue weighted by Crippen LogP contribution is -2.55. The van der Waals surface area contributed by atoms with Gasteiger partial charge in [0.1, 0.15) is 11.5 Å². The van der Waals surface area contributed by atoms with E-state index in [9.17, 15) is 5.11 Å². The van der Waals surface area contributed by atoms with Gasteiger partial charge in [-0.2, -0.15) is 0 Å². The summed E-state index contributed by atoms with van der Waals surface area (Å²) in [6, 6.07) is 6.75. The molecule has 4 heteroatoms. The number of rotatable bonds is 7. The minimum atomic E-state index is 0.0194. The van der Waals surface area contributed by atoms with Crippen LogP contribution in [-0.2, 0) is 0 Å². The highest BCUT2D eigenvalue weighted by Gasteiger charge is 2.40. The molecule has 3 aliphatic rings. The molecule has 1 aromatic rings. The normalized spacial score (nSPS) is 22.2. The third-order valence-corrected chi connectivity index (χ3v) is 8.89. The molecule has 1 aromatic carbocycles. The predicted octanol–water partition coefficient (Wildman–Crippen LogP) is 7.82. The second-order valence-electron chi connectivity index (χ2n) is 12.8. The van der Waals surface area contributed by atoms with Gasteiger partial charge in [-0.05, 0) is 55.7 Å². The van der Waals surface area contributed by atoms with Crippen LogP contribution in [0, 0.1) is 10.8 Å². The van der Waals surface area contributed by atoms with E-state index >= 15 is 0 Å². The van der Waals surface area contributed by atoms with Gasteiger partial charge in [0.2, 0.25) is 0 Å². The Morgan fingerprint density at radius 3 is 2.38 bits per heavy atom. The minimum absolute atomic E-state index is 0.0194. The molecule has 1 atom stereocenters. The number of fused-ring (bicyclic) bond motifs is 1. The van der Waals surface area contributed by atoms with Crippen molar-refractivity contribution in [3.8, 4) is 5.75 Å². The van der Waals surface area contributed by atoms with Crippen molar-refractivity contribution in [2.75, 3.05) is 20.2 Å². The molecule has 1 unspecified atom stereocenters. The molecule has 1 aliphatic carbocycles. The topological polar surface area (TPSA) is 35.9 Å². The summed E-state index contributed by atoms with van der Waals surface area (Å²) < 4.78 is 6.71. The molecule has 2 aliphatic heterocycles. The fraction of sp³-hybridized carbons (Fsp3) is 0.556. The Labute approximate surface area is 244 Å². The second-order valence-corrected chi connectivity index (χ2v) is 12.8. The number of hydrogen-bond acceptors (Lipinski definition) is 4. The summed E-state index contributed by atoms with van der Waals surface area (Å²) in [4.78, 5) is 4.73. The summed E-state index contributed by atoms with van der Waals surface area (Å²) >= 11 is 0. The number of ether oxygens (including phenoxy) is 1. The van der Waals surface area contributed by atoms with Crippen LogP contribution >= 0.6 is 0 Å². The highest BCUT2D eigenvalue weighted by molar-refractivity contribution is 5.70. The number of benzene rings is 1. The number of aliphatic hydroxyl groups excluding tert-OH is 1. The van der Waals surface area contributed by atoms with Gasteiger partial charge in [0.05, 0.1) is 24.0 Å². The summed E-state index contributed by atoms with van der Waals surface area (Å²) in [6.07, 6.45) is 11.4. The zero-order valence-electron chi connectivity index (χ0n) is 26.8. The molecular formula is C36H54N2O2. The third kappa shape index (κ3) is 6.21. The molecule has 0 radical (unpaired) electrons. The minimum Gasteiger partial charge on any atom is -0.508 e. The molecule has 0 amide bonds. The predicted molar refractivity (Wildman–Crippen MR) is 171 cm³/mol. The monoisotopic (exact) mass is 546 g/mol. The first-order valence-corrected chi connectivity index (χ1v) is 15.4. The van der Waals surface area contributed by atoms with Gasteiger partial charge >= 0.3 is 0 Å². The van der Waals surface area contributed by atoms with Crippen molar-refractivity contribution >= 4 is 11.3 Å². The van der Waals surface area contributed by atoms with Crippen LogP contribution in [0.2, 0.25) is 0 Å². The molecule has 4 rings (SSSR count). The standard InChI is InChI=1S/C34H48N2O2.C2H6/c1-10-16-34(17-13-18-34)22-38-29-15-12-14-26(31(29)23(3)11-2)32-28-19-24(4)27(25(5)37)20-36(28)30(21-35(32)9)33(6,7)8;1-2/h12,14-15,19-20,30,37H,4-5,10-11,13,16-18,21-22H2,1-3,6-9H3;1-2H3/b31-23?,32-26-;. The quantitative estimate of drug-likeness (QED) is 0.354. The van der Waals surface area contributed by atoms with Gasteiger partial charge in [-0.3, -0.25) is 0 Å². The summed E-state index contributed by atoms with van der Waals surface area (Å²) in [5, 5.41) is 12.7. The molecule has 220 valence electrons. The zero-order chi connectivity index (χ0) is 29.8. The van der Waals surface area contributed by atoms with E-state index in [1.807, 2.05) is 20.0 Å². The molecule has 0 spiro atoms. The molecule has 4 nitrogen and oxygen atoms in total. The van der Waals surface area contributed by atoms with Crippen molar-refractivity contribution in [1.29, 1.82) is 0 Å². The number of hydrogen-bond donors (Lipinski definition) is 1. The Hall–Kier alpha value is -2.88. The zero-order valence-corrected chi connectivity index (χ0v) is 26.8. The molecule has 2 fully saturated rings. The van der Waals surface area contributed by atoms with Crippen LogP contribution in [0.3, 0.4) is 0 Å². The maximum absolute atomic E-state index is 10.3. The van der Waals surface area contributed by atoms with E-state index in [4.69, 9.17) is 4.74 Å². The maximum atomic E-state index is 10.3. The molecule has 40 heavy (non-hydrogen) atoms. The lowest BCUT2D eigenvalue weighted by atomic mass is 9.67. The Balaban J connectivity index is 0.00000216. The maximum Gasteiger partial charge on any atom is 0.127 e. The molecule has 1 N–H and O–H groups in total. The van der Waals surface area contributed by atoms with Gasteiger partial charge < -0.3 is 19.6 Å². The first-order valence-electron chi connectivity index (χ1n) is 15.4. The van der Waals surface area contributed by atoms with E-state index < -0.39 is 0 Å². The van der Waals surface area contributed by atoms with Gasteiger partial charge in [0.15, 0.2) is 0 Å². The number of likely N-dealkylation sites (N-methyl/N-ethyl adjacent to an activating group) is 1. The van der Waals surface area contributed by atoms with E-state index in [-0.39, 0.29) is 17.2 Å². The van der Waals surface area contributed by atoms with Crippen LogP contribution in [0.15, 0.2) is 66.2 Å². The lowest BCUT2D eigenvalue weighted by molar-refractivity contribution is 0.0474. The van der Waals surface area contributed by atoms with Gasteiger partial charge in [-0.25, -0.2) is 0 Å². The van der Waals surface area contributed by atoms with Crippen molar-refractivity contribution < 1.29 is 9.84 Å². The number of nitrogens with zero attached hydrogens (tertiary/aromatic N) is 2. The molecule has 1 saturated heterocycles. The van der Waals surface area contributed by atoms with Crippen molar-refractivity contribution in [2.45, 2.75) is 100.0 Å². The first kappa shape index (κ1) is 31.6. The van der Waals surface area contributed by atoms with Crippen LogP contribution in [0.4, 0.5) is 0 Å². The SMILES string of the molecule is C=C(O)C1=CN2C(=CC1=C)/C(=c1\cccc(OCC3(CCC)CCC3)c1=C(C)CC)N(C)CC2C(C)(C)C.CC. The van der Waals surface area contributed by atoms with Crippen molar-refractivity contribution in [3.63, 3.8) is 0 Å². The molecular weight excluding hydrogens is 492 g/mol. The second kappa shape index (κ2) is 12.7. The number of piperazine rings is 1. The fourth-order valence-corrected chi connectivity index (χ4v) is 6.36. The van der Waals surface area contributed by atoms with Crippen LogP contribution in [0.25, 0.3) is 11.3 Å². The fourth-order valence-electron chi connectivity index (χ4n) is 6.36. The Morgan fingerprint density at radius 1 is 1.18 bits per heavy atom. The molecule has 0 bridgehead atoms. The van der Waals surface area contributed by atoms with Crippen molar-refractivity contribution in [3.05, 3.63) is 76.7 Å². The van der Waals surface area contributed by atoms with E-state index in [1.54, 1.807) is 0 Å². The van der Waals surface area contributed by atoms with Crippen LogP contribution in [-0.4, -0.2) is 41.1 Å². The highest BCUT2D eigenvalue weighted by atomic mass is 16.5. The average Bonchev–Trinajstić information content (AvgIpc) is 2.89. The largest absolute Gasteiger partial charge is 0.508 e. The number of allylic oxidation sites excluding steroid dienone is 2. The Kier molecular flexibility index (Phi) is 10.1. The van der Waals surface area contributed by atoms with Crippen molar-refractivity contribution in [2.24, 2.45) is 10.8 Å². The van der Waals surface area contributed by atoms with Gasteiger partial charge in [-0.15, -0.1) is 0 Å². The average molecular weight is 547 g/mol. The molecule has 0 aromatic heterocycles. The van der Waals surface area contributed by atoms with Gasteiger partial charge in [-0.1, -0.05) is 92.2 Å². The van der Waals surface area contributed by atoms with Crippen LogP contribution in [0.5, 0.6) is 5.75 Å². The summed E-state index contributed by atoms with van der Waals surface area (Å²) in [5.74, 6) is 1.05. The van der Waals surface area contributed by atoms with E-state index in [0.29, 0.717) is 11.0 Å². The van der Waals surface area contributed by atoms with Gasteiger partial charge in [0.25, 0.3) is 0 Å². The smallest absolute Gasteiger partial charge is 0.127 e. The Morgan fingerprint density at radius 2 is 1.85 bits per heavy atom. The van der Waals surface area contributed by atoms with Gasteiger partial charge in [0, 0.05) is 41.2 Å². The van der Waals surface area contributed by atoms with Crippen LogP contribution in [0.1, 0.15) is 93.9 Å². The van der Waals surface area contributed by atoms with E-state index in [2.05, 4.69) is 95.8 Å². The first-order chi connectivity index (χ1) is 18.9.